The minimum atomic E-state index is -0.231. The van der Waals surface area contributed by atoms with E-state index in [1.807, 2.05) is 24.5 Å². The van der Waals surface area contributed by atoms with E-state index in [0.717, 1.165) is 17.1 Å². The molecule has 0 saturated carbocycles. The van der Waals surface area contributed by atoms with Crippen LogP contribution < -0.4 is 15.4 Å². The summed E-state index contributed by atoms with van der Waals surface area (Å²) in [5, 5.41) is 5.73. The first kappa shape index (κ1) is 27.7. The molecule has 186 valence electrons. The van der Waals surface area contributed by atoms with Gasteiger partial charge in [0.15, 0.2) is 0 Å². The lowest BCUT2D eigenvalue weighted by atomic mass is 10.1. The number of anilines is 1. The Labute approximate surface area is 208 Å². The Balaban J connectivity index is 1.87. The summed E-state index contributed by atoms with van der Waals surface area (Å²) in [7, 11) is 1.59. The van der Waals surface area contributed by atoms with Crippen LogP contribution in [0.25, 0.3) is 0 Å². The molecule has 0 fully saturated rings. The number of thioether (sulfide) groups is 1. The Morgan fingerprint density at radius 3 is 2.21 bits per heavy atom. The third kappa shape index (κ3) is 9.77. The SMILES string of the molecule is CCCCCCCCCOc1ccc(C(=O)Nc2cc(C(=O)NCCOC)ccc2SC)cc1. The van der Waals surface area contributed by atoms with Gasteiger partial charge in [0.1, 0.15) is 5.75 Å². The van der Waals surface area contributed by atoms with Gasteiger partial charge in [-0.05, 0) is 55.1 Å². The predicted molar refractivity (Wildman–Crippen MR) is 140 cm³/mol. The van der Waals surface area contributed by atoms with Gasteiger partial charge in [-0.1, -0.05) is 45.4 Å². The molecule has 0 heterocycles. The lowest BCUT2D eigenvalue weighted by Crippen LogP contribution is -2.27. The Kier molecular flexibility index (Phi) is 13.2. The van der Waals surface area contributed by atoms with Crippen molar-refractivity contribution < 1.29 is 19.1 Å². The summed E-state index contributed by atoms with van der Waals surface area (Å²) in [5.74, 6) is 0.329. The normalized spacial score (nSPS) is 10.7. The van der Waals surface area contributed by atoms with Gasteiger partial charge < -0.3 is 20.1 Å². The third-order valence-electron chi connectivity index (χ3n) is 5.43. The zero-order chi connectivity index (χ0) is 24.6. The van der Waals surface area contributed by atoms with Crippen LogP contribution in [-0.2, 0) is 4.74 Å². The van der Waals surface area contributed by atoms with Crippen LogP contribution in [0.15, 0.2) is 47.4 Å². The van der Waals surface area contributed by atoms with Gasteiger partial charge in [-0.25, -0.2) is 0 Å². The minimum absolute atomic E-state index is 0.206. The Bertz CT molecular complexity index is 887. The highest BCUT2D eigenvalue weighted by Crippen LogP contribution is 2.27. The molecule has 0 bridgehead atoms. The molecule has 2 aromatic rings. The molecule has 2 aromatic carbocycles. The van der Waals surface area contributed by atoms with Crippen LogP contribution >= 0.6 is 11.8 Å². The second-order valence-corrected chi connectivity index (χ2v) is 8.96. The molecular formula is C27H38N2O4S. The van der Waals surface area contributed by atoms with E-state index in [9.17, 15) is 9.59 Å². The fraction of sp³-hybridized carbons (Fsp3) is 0.481. The number of rotatable bonds is 16. The number of nitrogens with one attached hydrogen (secondary N) is 2. The van der Waals surface area contributed by atoms with Crippen LogP contribution in [-0.4, -0.2) is 44.9 Å². The van der Waals surface area contributed by atoms with Gasteiger partial charge in [0.05, 0.1) is 18.9 Å². The zero-order valence-corrected chi connectivity index (χ0v) is 21.5. The van der Waals surface area contributed by atoms with Gasteiger partial charge in [-0.2, -0.15) is 0 Å². The highest BCUT2D eigenvalue weighted by atomic mass is 32.2. The molecule has 0 aliphatic heterocycles. The molecular weight excluding hydrogens is 448 g/mol. The van der Waals surface area contributed by atoms with E-state index in [2.05, 4.69) is 17.6 Å². The van der Waals surface area contributed by atoms with E-state index in [1.165, 1.54) is 50.3 Å². The van der Waals surface area contributed by atoms with Crippen molar-refractivity contribution in [3.05, 3.63) is 53.6 Å². The van der Waals surface area contributed by atoms with Crippen molar-refractivity contribution in [3.63, 3.8) is 0 Å². The number of unbranched alkanes of at least 4 members (excludes halogenated alkanes) is 6. The zero-order valence-electron chi connectivity index (χ0n) is 20.7. The predicted octanol–water partition coefficient (Wildman–Crippen LogP) is 6.17. The van der Waals surface area contributed by atoms with Crippen LogP contribution in [0.5, 0.6) is 5.75 Å². The van der Waals surface area contributed by atoms with Gasteiger partial charge in [-0.15, -0.1) is 11.8 Å². The number of benzene rings is 2. The van der Waals surface area contributed by atoms with Gasteiger partial charge in [0.25, 0.3) is 11.8 Å². The van der Waals surface area contributed by atoms with E-state index in [4.69, 9.17) is 9.47 Å². The van der Waals surface area contributed by atoms with Gasteiger partial charge in [0.2, 0.25) is 0 Å². The molecule has 0 saturated heterocycles. The van der Waals surface area contributed by atoms with Crippen molar-refractivity contribution in [1.82, 2.24) is 5.32 Å². The summed E-state index contributed by atoms with van der Waals surface area (Å²) in [6.07, 6.45) is 10.6. The van der Waals surface area contributed by atoms with Crippen molar-refractivity contribution in [2.75, 3.05) is 38.4 Å². The fourth-order valence-corrected chi connectivity index (χ4v) is 4.00. The number of methoxy groups -OCH3 is 1. The van der Waals surface area contributed by atoms with E-state index < -0.39 is 0 Å². The average Bonchev–Trinajstić information content (AvgIpc) is 2.86. The summed E-state index contributed by atoms with van der Waals surface area (Å²) in [5.41, 5.74) is 1.62. The van der Waals surface area contributed by atoms with Crippen molar-refractivity contribution in [2.45, 2.75) is 56.8 Å². The number of carbonyl (C=O) groups excluding carboxylic acids is 2. The summed E-state index contributed by atoms with van der Waals surface area (Å²) < 4.78 is 10.8. The van der Waals surface area contributed by atoms with Crippen LogP contribution in [0.2, 0.25) is 0 Å². The summed E-state index contributed by atoms with van der Waals surface area (Å²) >= 11 is 1.51. The number of hydrogen-bond donors (Lipinski definition) is 2. The van der Waals surface area contributed by atoms with E-state index in [0.29, 0.717) is 36.6 Å². The lowest BCUT2D eigenvalue weighted by Gasteiger charge is -2.12. The van der Waals surface area contributed by atoms with Crippen LogP contribution in [0, 0.1) is 0 Å². The summed E-state index contributed by atoms with van der Waals surface area (Å²) in [6.45, 7) is 3.79. The quantitative estimate of drug-likeness (QED) is 0.219. The second kappa shape index (κ2) is 16.2. The second-order valence-electron chi connectivity index (χ2n) is 8.11. The van der Waals surface area contributed by atoms with Crippen molar-refractivity contribution in [3.8, 4) is 5.75 Å². The molecule has 0 aromatic heterocycles. The number of hydrogen-bond acceptors (Lipinski definition) is 5. The van der Waals surface area contributed by atoms with Crippen LogP contribution in [0.3, 0.4) is 0 Å². The topological polar surface area (TPSA) is 76.7 Å². The highest BCUT2D eigenvalue weighted by Gasteiger charge is 2.13. The van der Waals surface area contributed by atoms with Gasteiger partial charge in [-0.3, -0.25) is 9.59 Å². The number of carbonyl (C=O) groups is 2. The fourth-order valence-electron chi connectivity index (χ4n) is 3.46. The molecule has 34 heavy (non-hydrogen) atoms. The van der Waals surface area contributed by atoms with Crippen molar-refractivity contribution in [2.24, 2.45) is 0 Å². The van der Waals surface area contributed by atoms with Crippen LogP contribution in [0.4, 0.5) is 5.69 Å². The lowest BCUT2D eigenvalue weighted by molar-refractivity contribution is 0.0936. The van der Waals surface area contributed by atoms with Gasteiger partial charge >= 0.3 is 0 Å². The molecule has 0 radical (unpaired) electrons. The first-order valence-corrected chi connectivity index (χ1v) is 13.3. The molecule has 2 N–H and O–H groups in total. The number of ether oxygens (including phenoxy) is 2. The third-order valence-corrected chi connectivity index (χ3v) is 6.23. The van der Waals surface area contributed by atoms with E-state index in [-0.39, 0.29) is 11.8 Å². The molecule has 0 aliphatic carbocycles. The first-order chi connectivity index (χ1) is 16.6. The Morgan fingerprint density at radius 2 is 1.53 bits per heavy atom. The molecule has 2 amide bonds. The summed E-state index contributed by atoms with van der Waals surface area (Å²) in [4.78, 5) is 26.1. The highest BCUT2D eigenvalue weighted by molar-refractivity contribution is 7.98. The number of amides is 2. The smallest absolute Gasteiger partial charge is 0.255 e. The minimum Gasteiger partial charge on any atom is -0.494 e. The first-order valence-electron chi connectivity index (χ1n) is 12.1. The molecule has 0 atom stereocenters. The maximum Gasteiger partial charge on any atom is 0.255 e. The summed E-state index contributed by atoms with van der Waals surface area (Å²) in [6, 6.07) is 12.5. The van der Waals surface area contributed by atoms with E-state index in [1.54, 1.807) is 31.4 Å². The Morgan fingerprint density at radius 1 is 0.853 bits per heavy atom. The van der Waals surface area contributed by atoms with Crippen molar-refractivity contribution >= 4 is 29.3 Å². The largest absolute Gasteiger partial charge is 0.494 e. The van der Waals surface area contributed by atoms with Crippen LogP contribution in [0.1, 0.15) is 72.6 Å². The van der Waals surface area contributed by atoms with E-state index >= 15 is 0 Å². The molecule has 2 rings (SSSR count). The Hall–Kier alpha value is -2.51. The maximum absolute atomic E-state index is 12.8. The standard InChI is InChI=1S/C27H38N2O4S/c1-4-5-6-7-8-9-10-18-33-23-14-11-21(12-15-23)27(31)29-24-20-22(13-16-25(24)34-3)26(30)28-17-19-32-2/h11-16,20H,4-10,17-19H2,1-3H3,(H,28,30)(H,29,31). The monoisotopic (exact) mass is 486 g/mol. The molecule has 6 nitrogen and oxygen atoms in total. The average molecular weight is 487 g/mol. The molecule has 0 aliphatic rings. The molecule has 7 heteroatoms. The van der Waals surface area contributed by atoms with Gasteiger partial charge in [0, 0.05) is 29.7 Å². The van der Waals surface area contributed by atoms with Crippen molar-refractivity contribution in [1.29, 1.82) is 0 Å². The maximum atomic E-state index is 12.8. The molecule has 0 spiro atoms. The molecule has 0 unspecified atom stereocenters.